The van der Waals surface area contributed by atoms with Crippen molar-refractivity contribution in [3.8, 4) is 0 Å². The first-order chi connectivity index (χ1) is 7.22. The zero-order valence-electron chi connectivity index (χ0n) is 9.79. The topological polar surface area (TPSA) is 50.7 Å². The van der Waals surface area contributed by atoms with Gasteiger partial charge in [-0.25, -0.2) is 0 Å². The van der Waals surface area contributed by atoms with Crippen molar-refractivity contribution < 1.29 is 14.6 Å². The van der Waals surface area contributed by atoms with Crippen molar-refractivity contribution in [2.75, 3.05) is 40.1 Å². The number of hydrogen-bond donors (Lipinski definition) is 2. The molecule has 2 N–H and O–H groups in total. The van der Waals surface area contributed by atoms with Crippen molar-refractivity contribution >= 4 is 0 Å². The quantitative estimate of drug-likeness (QED) is 0.676. The molecule has 0 bridgehead atoms. The van der Waals surface area contributed by atoms with Gasteiger partial charge < -0.3 is 19.9 Å². The van der Waals surface area contributed by atoms with Crippen LogP contribution in [0, 0.1) is 5.41 Å². The number of nitrogens with one attached hydrogen (secondary N) is 1. The maximum atomic E-state index is 9.46. The number of aliphatic hydroxyl groups is 1. The van der Waals surface area contributed by atoms with E-state index in [1.807, 2.05) is 0 Å². The summed E-state index contributed by atoms with van der Waals surface area (Å²) in [6.45, 7) is 5.41. The van der Waals surface area contributed by atoms with Crippen molar-refractivity contribution in [2.45, 2.75) is 25.8 Å². The predicted octanol–water partition coefficient (Wildman–Crippen LogP) is 0.400. The lowest BCUT2D eigenvalue weighted by Crippen LogP contribution is -2.45. The molecule has 15 heavy (non-hydrogen) atoms. The average Bonchev–Trinajstić information content (AvgIpc) is 2.28. The molecule has 1 aliphatic heterocycles. The molecule has 0 spiro atoms. The second kappa shape index (κ2) is 6.43. The molecule has 4 heteroatoms. The van der Waals surface area contributed by atoms with Crippen molar-refractivity contribution in [1.29, 1.82) is 0 Å². The van der Waals surface area contributed by atoms with Crippen LogP contribution in [0.2, 0.25) is 0 Å². The summed E-state index contributed by atoms with van der Waals surface area (Å²) >= 11 is 0. The fraction of sp³-hybridized carbons (Fsp3) is 1.00. The highest BCUT2D eigenvalue weighted by atomic mass is 16.5. The molecule has 1 saturated heterocycles. The Bertz CT molecular complexity index is 169. The molecule has 0 amide bonds. The Balaban J connectivity index is 2.32. The van der Waals surface area contributed by atoms with Gasteiger partial charge in [0.1, 0.15) is 0 Å². The second-order valence-electron chi connectivity index (χ2n) is 4.51. The van der Waals surface area contributed by atoms with E-state index >= 15 is 0 Å². The first kappa shape index (κ1) is 12.9. The Hall–Kier alpha value is -0.160. The van der Waals surface area contributed by atoms with Gasteiger partial charge in [0.25, 0.3) is 0 Å². The van der Waals surface area contributed by atoms with Crippen LogP contribution < -0.4 is 5.32 Å². The van der Waals surface area contributed by atoms with Gasteiger partial charge in [-0.05, 0) is 19.8 Å². The molecule has 1 heterocycles. The highest BCUT2D eigenvalue weighted by molar-refractivity contribution is 4.84. The van der Waals surface area contributed by atoms with E-state index in [0.29, 0.717) is 12.6 Å². The Morgan fingerprint density at radius 3 is 2.67 bits per heavy atom. The Labute approximate surface area is 92.0 Å². The molecule has 0 saturated carbocycles. The van der Waals surface area contributed by atoms with Crippen molar-refractivity contribution in [2.24, 2.45) is 5.41 Å². The maximum Gasteiger partial charge on any atom is 0.0613 e. The van der Waals surface area contributed by atoms with Gasteiger partial charge in [-0.15, -0.1) is 0 Å². The first-order valence-electron chi connectivity index (χ1n) is 5.63. The van der Waals surface area contributed by atoms with E-state index in [1.54, 1.807) is 7.11 Å². The Morgan fingerprint density at radius 1 is 1.47 bits per heavy atom. The molecular weight excluding hydrogens is 194 g/mol. The summed E-state index contributed by atoms with van der Waals surface area (Å²) in [6.07, 6.45) is 1.88. The number of ether oxygens (including phenoxy) is 2. The van der Waals surface area contributed by atoms with E-state index in [-0.39, 0.29) is 12.0 Å². The number of aliphatic hydroxyl groups excluding tert-OH is 1. The van der Waals surface area contributed by atoms with E-state index < -0.39 is 0 Å². The van der Waals surface area contributed by atoms with E-state index in [1.165, 1.54) is 0 Å². The van der Waals surface area contributed by atoms with Gasteiger partial charge in [0.2, 0.25) is 0 Å². The van der Waals surface area contributed by atoms with E-state index in [2.05, 4.69) is 12.2 Å². The summed E-state index contributed by atoms with van der Waals surface area (Å²) in [7, 11) is 1.70. The van der Waals surface area contributed by atoms with Crippen LogP contribution in [0.15, 0.2) is 0 Å². The van der Waals surface area contributed by atoms with Crippen LogP contribution in [0.25, 0.3) is 0 Å². The Kier molecular flexibility index (Phi) is 5.53. The van der Waals surface area contributed by atoms with Crippen LogP contribution in [0.1, 0.15) is 19.8 Å². The Morgan fingerprint density at radius 2 is 2.13 bits per heavy atom. The number of methoxy groups -OCH3 is 1. The largest absolute Gasteiger partial charge is 0.396 e. The van der Waals surface area contributed by atoms with Gasteiger partial charge in [0.15, 0.2) is 0 Å². The minimum absolute atomic E-state index is 0.0141. The molecule has 0 radical (unpaired) electrons. The van der Waals surface area contributed by atoms with Gasteiger partial charge in [-0.3, -0.25) is 0 Å². The summed E-state index contributed by atoms with van der Waals surface area (Å²) in [5.41, 5.74) is 0.0141. The number of hydrogen-bond acceptors (Lipinski definition) is 4. The molecule has 0 aromatic carbocycles. The lowest BCUT2D eigenvalue weighted by Gasteiger charge is -2.36. The van der Waals surface area contributed by atoms with E-state index in [9.17, 15) is 5.11 Å². The summed E-state index contributed by atoms with van der Waals surface area (Å²) in [5.74, 6) is 0. The first-order valence-corrected chi connectivity index (χ1v) is 5.63. The van der Waals surface area contributed by atoms with E-state index in [0.717, 1.165) is 32.6 Å². The van der Waals surface area contributed by atoms with Gasteiger partial charge in [0.05, 0.1) is 13.2 Å². The molecule has 0 aromatic rings. The normalized spacial score (nSPS) is 22.6. The van der Waals surface area contributed by atoms with Crippen LogP contribution in [-0.2, 0) is 9.47 Å². The molecule has 1 atom stereocenters. The third-order valence-electron chi connectivity index (χ3n) is 3.13. The van der Waals surface area contributed by atoms with Crippen LogP contribution in [0.5, 0.6) is 0 Å². The van der Waals surface area contributed by atoms with Gasteiger partial charge in [0, 0.05) is 38.3 Å². The summed E-state index contributed by atoms with van der Waals surface area (Å²) in [4.78, 5) is 0. The molecule has 0 aliphatic carbocycles. The molecule has 90 valence electrons. The minimum Gasteiger partial charge on any atom is -0.396 e. The maximum absolute atomic E-state index is 9.46. The van der Waals surface area contributed by atoms with Crippen molar-refractivity contribution in [3.63, 3.8) is 0 Å². The lowest BCUT2D eigenvalue weighted by atomic mass is 9.81. The lowest BCUT2D eigenvalue weighted by molar-refractivity contribution is -0.0173. The molecule has 0 aromatic heterocycles. The summed E-state index contributed by atoms with van der Waals surface area (Å²) < 4.78 is 10.4. The average molecular weight is 217 g/mol. The number of rotatable bonds is 6. The standard InChI is InChI=1S/C11H23NO3/c1-10(7-14-2)12-8-11(9-13)3-5-15-6-4-11/h10,12-13H,3-9H2,1-2H3. The van der Waals surface area contributed by atoms with Gasteiger partial charge in [-0.2, -0.15) is 0 Å². The monoisotopic (exact) mass is 217 g/mol. The zero-order chi connectivity index (χ0) is 11.1. The highest BCUT2D eigenvalue weighted by Gasteiger charge is 2.31. The SMILES string of the molecule is COCC(C)NCC1(CO)CCOCC1. The third kappa shape index (κ3) is 4.07. The van der Waals surface area contributed by atoms with Crippen molar-refractivity contribution in [3.05, 3.63) is 0 Å². The predicted molar refractivity (Wildman–Crippen MR) is 58.9 cm³/mol. The van der Waals surface area contributed by atoms with Crippen molar-refractivity contribution in [1.82, 2.24) is 5.32 Å². The zero-order valence-corrected chi connectivity index (χ0v) is 9.79. The summed E-state index contributed by atoms with van der Waals surface area (Å²) in [5, 5.41) is 12.9. The van der Waals surface area contributed by atoms with E-state index in [4.69, 9.17) is 9.47 Å². The molecule has 1 unspecified atom stereocenters. The van der Waals surface area contributed by atoms with Crippen LogP contribution in [-0.4, -0.2) is 51.2 Å². The fourth-order valence-corrected chi connectivity index (χ4v) is 1.89. The third-order valence-corrected chi connectivity index (χ3v) is 3.13. The van der Waals surface area contributed by atoms with Gasteiger partial charge >= 0.3 is 0 Å². The van der Waals surface area contributed by atoms with Crippen LogP contribution in [0.3, 0.4) is 0 Å². The fourth-order valence-electron chi connectivity index (χ4n) is 1.89. The van der Waals surface area contributed by atoms with Crippen LogP contribution >= 0.6 is 0 Å². The molecule has 1 fully saturated rings. The molecule has 4 nitrogen and oxygen atoms in total. The molecule has 1 aliphatic rings. The minimum atomic E-state index is 0.0141. The smallest absolute Gasteiger partial charge is 0.0613 e. The highest BCUT2D eigenvalue weighted by Crippen LogP contribution is 2.29. The second-order valence-corrected chi connectivity index (χ2v) is 4.51. The van der Waals surface area contributed by atoms with Crippen LogP contribution in [0.4, 0.5) is 0 Å². The molecule has 1 rings (SSSR count). The molecular formula is C11H23NO3. The van der Waals surface area contributed by atoms with Gasteiger partial charge in [-0.1, -0.05) is 0 Å². The summed E-state index contributed by atoms with van der Waals surface area (Å²) in [6, 6.07) is 0.335.